The van der Waals surface area contributed by atoms with Crippen LogP contribution in [0.25, 0.3) is 0 Å². The Kier molecular flexibility index (Phi) is 6.38. The van der Waals surface area contributed by atoms with Gasteiger partial charge in [0.1, 0.15) is 0 Å². The van der Waals surface area contributed by atoms with Gasteiger partial charge in [0.25, 0.3) is 0 Å². The van der Waals surface area contributed by atoms with Crippen molar-refractivity contribution in [3.8, 4) is 23.0 Å². The second kappa shape index (κ2) is 8.81. The zero-order chi connectivity index (χ0) is 21.9. The van der Waals surface area contributed by atoms with Crippen molar-refractivity contribution < 1.29 is 38.7 Å². The molecule has 1 aliphatic heterocycles. The fraction of sp³-hybridized carbons (Fsp3) is 0.409. The Morgan fingerprint density at radius 2 is 1.37 bits per heavy atom. The molecule has 0 spiro atoms. The molecular formula is C22H26O8. The Labute approximate surface area is 174 Å². The molecule has 0 aliphatic carbocycles. The molecule has 0 aromatic heterocycles. The number of methoxy groups -OCH3 is 4. The maximum atomic E-state index is 12.5. The highest BCUT2D eigenvalue weighted by Gasteiger charge is 2.56. The quantitative estimate of drug-likeness (QED) is 0.625. The first-order valence-corrected chi connectivity index (χ1v) is 9.39. The van der Waals surface area contributed by atoms with Crippen LogP contribution in [0.15, 0.2) is 36.4 Å². The van der Waals surface area contributed by atoms with Crippen molar-refractivity contribution in [3.63, 3.8) is 0 Å². The van der Waals surface area contributed by atoms with E-state index in [1.807, 2.05) is 0 Å². The monoisotopic (exact) mass is 418 g/mol. The summed E-state index contributed by atoms with van der Waals surface area (Å²) < 4.78 is 26.1. The van der Waals surface area contributed by atoms with Gasteiger partial charge in [-0.15, -0.1) is 0 Å². The summed E-state index contributed by atoms with van der Waals surface area (Å²) in [6.07, 6.45) is -1.30. The molecule has 1 fully saturated rings. The number of benzene rings is 2. The number of aliphatic hydroxyl groups is 2. The summed E-state index contributed by atoms with van der Waals surface area (Å²) in [4.78, 5) is 12.5. The molecule has 2 N–H and O–H groups in total. The number of hydrogen-bond donors (Lipinski definition) is 2. The van der Waals surface area contributed by atoms with Crippen LogP contribution in [0.1, 0.15) is 11.1 Å². The summed E-state index contributed by atoms with van der Waals surface area (Å²) in [6.45, 7) is 0. The predicted octanol–water partition coefficient (Wildman–Crippen LogP) is 1.73. The summed E-state index contributed by atoms with van der Waals surface area (Å²) >= 11 is 0. The fourth-order valence-electron chi connectivity index (χ4n) is 3.72. The molecule has 0 amide bonds. The first-order valence-electron chi connectivity index (χ1n) is 9.39. The van der Waals surface area contributed by atoms with E-state index in [9.17, 15) is 15.0 Å². The second-order valence-corrected chi connectivity index (χ2v) is 7.09. The number of esters is 1. The van der Waals surface area contributed by atoms with E-state index < -0.39 is 23.8 Å². The molecule has 8 heteroatoms. The van der Waals surface area contributed by atoms with Crippen LogP contribution in [0.2, 0.25) is 0 Å². The van der Waals surface area contributed by atoms with Crippen LogP contribution in [-0.4, -0.2) is 56.5 Å². The minimum absolute atomic E-state index is 0.0544. The average Bonchev–Trinajstić information content (AvgIpc) is 2.96. The van der Waals surface area contributed by atoms with Crippen LogP contribution < -0.4 is 18.9 Å². The molecule has 1 saturated heterocycles. The second-order valence-electron chi connectivity index (χ2n) is 7.09. The van der Waals surface area contributed by atoms with Gasteiger partial charge in [-0.05, 0) is 41.8 Å². The lowest BCUT2D eigenvalue weighted by molar-refractivity contribution is -0.162. The third kappa shape index (κ3) is 4.01. The average molecular weight is 418 g/mol. The number of cyclic esters (lactones) is 1. The summed E-state index contributed by atoms with van der Waals surface area (Å²) in [7, 11) is 6.08. The zero-order valence-electron chi connectivity index (χ0n) is 17.4. The van der Waals surface area contributed by atoms with Crippen molar-refractivity contribution >= 4 is 5.97 Å². The van der Waals surface area contributed by atoms with E-state index >= 15 is 0 Å². The van der Waals surface area contributed by atoms with Gasteiger partial charge in [0, 0.05) is 6.42 Å². The molecule has 2 aromatic rings. The lowest BCUT2D eigenvalue weighted by Gasteiger charge is -2.27. The van der Waals surface area contributed by atoms with Crippen molar-refractivity contribution in [3.05, 3.63) is 47.5 Å². The van der Waals surface area contributed by atoms with E-state index in [1.54, 1.807) is 36.4 Å². The third-order valence-corrected chi connectivity index (χ3v) is 5.36. The van der Waals surface area contributed by atoms with Crippen molar-refractivity contribution in [2.45, 2.75) is 24.7 Å². The fourth-order valence-corrected chi connectivity index (χ4v) is 3.72. The van der Waals surface area contributed by atoms with Crippen LogP contribution in [-0.2, 0) is 22.4 Å². The molecule has 0 saturated carbocycles. The Morgan fingerprint density at radius 1 is 0.867 bits per heavy atom. The van der Waals surface area contributed by atoms with E-state index in [4.69, 9.17) is 23.7 Å². The van der Waals surface area contributed by atoms with E-state index in [0.717, 1.165) is 5.56 Å². The highest BCUT2D eigenvalue weighted by molar-refractivity contribution is 5.82. The predicted molar refractivity (Wildman–Crippen MR) is 107 cm³/mol. The molecule has 2 aromatic carbocycles. The van der Waals surface area contributed by atoms with Gasteiger partial charge in [0.15, 0.2) is 28.6 Å². The highest BCUT2D eigenvalue weighted by atomic mass is 16.7. The standard InChI is InChI=1S/C22H26O8/c1-26-16-7-5-13(10-18(16)28-3)9-15-20(23)30-21(24)22(15,25)12-14-6-8-17(27-2)19(11-14)29-4/h5-8,10-11,15,20,23,25H,9,12H2,1-4H3. The minimum atomic E-state index is -1.91. The number of aliphatic hydroxyl groups excluding tert-OH is 1. The number of carbonyl (C=O) groups is 1. The molecule has 0 bridgehead atoms. The lowest BCUT2D eigenvalue weighted by atomic mass is 9.80. The topological polar surface area (TPSA) is 104 Å². The third-order valence-electron chi connectivity index (χ3n) is 5.36. The van der Waals surface area contributed by atoms with Gasteiger partial charge in [-0.2, -0.15) is 0 Å². The summed E-state index contributed by atoms with van der Waals surface area (Å²) in [5.41, 5.74) is -0.522. The van der Waals surface area contributed by atoms with E-state index in [1.165, 1.54) is 28.4 Å². The number of rotatable bonds is 8. The summed E-state index contributed by atoms with van der Waals surface area (Å²) in [5.74, 6) is 0.330. The van der Waals surface area contributed by atoms with Gasteiger partial charge in [-0.1, -0.05) is 12.1 Å². The Morgan fingerprint density at radius 3 is 1.90 bits per heavy atom. The van der Waals surface area contributed by atoms with E-state index in [-0.39, 0.29) is 12.8 Å². The van der Waals surface area contributed by atoms with Crippen molar-refractivity contribution in [2.75, 3.05) is 28.4 Å². The number of carbonyl (C=O) groups excluding carboxylic acids is 1. The number of ether oxygens (including phenoxy) is 5. The van der Waals surface area contributed by atoms with Gasteiger partial charge >= 0.3 is 5.97 Å². The van der Waals surface area contributed by atoms with Crippen LogP contribution in [0.4, 0.5) is 0 Å². The molecule has 8 nitrogen and oxygen atoms in total. The molecule has 3 atom stereocenters. The zero-order valence-corrected chi connectivity index (χ0v) is 17.4. The van der Waals surface area contributed by atoms with Crippen molar-refractivity contribution in [1.82, 2.24) is 0 Å². The van der Waals surface area contributed by atoms with E-state index in [2.05, 4.69) is 0 Å². The maximum Gasteiger partial charge on any atom is 0.341 e. The molecule has 30 heavy (non-hydrogen) atoms. The van der Waals surface area contributed by atoms with Crippen molar-refractivity contribution in [1.29, 1.82) is 0 Å². The summed E-state index contributed by atoms with van der Waals surface area (Å²) in [6, 6.07) is 10.4. The molecule has 0 radical (unpaired) electrons. The van der Waals surface area contributed by atoms with Crippen LogP contribution in [0, 0.1) is 5.92 Å². The molecule has 1 aliphatic rings. The molecule has 162 valence electrons. The summed E-state index contributed by atoms with van der Waals surface area (Å²) in [5, 5.41) is 21.6. The van der Waals surface area contributed by atoms with Gasteiger partial charge in [-0.25, -0.2) is 4.79 Å². The van der Waals surface area contributed by atoms with Gasteiger partial charge in [0.05, 0.1) is 34.4 Å². The van der Waals surface area contributed by atoms with E-state index in [0.29, 0.717) is 28.6 Å². The first-order chi connectivity index (χ1) is 14.4. The van der Waals surface area contributed by atoms with Crippen LogP contribution >= 0.6 is 0 Å². The largest absolute Gasteiger partial charge is 0.493 e. The minimum Gasteiger partial charge on any atom is -0.493 e. The molecule has 1 heterocycles. The Balaban J connectivity index is 1.89. The van der Waals surface area contributed by atoms with Crippen LogP contribution in [0.5, 0.6) is 23.0 Å². The van der Waals surface area contributed by atoms with Crippen LogP contribution in [0.3, 0.4) is 0 Å². The Bertz CT molecular complexity index is 912. The smallest absolute Gasteiger partial charge is 0.341 e. The maximum absolute atomic E-state index is 12.5. The van der Waals surface area contributed by atoms with Gasteiger partial charge in [-0.3, -0.25) is 0 Å². The normalized spacial score (nSPS) is 23.1. The first kappa shape index (κ1) is 21.7. The Hall–Kier alpha value is -2.97. The van der Waals surface area contributed by atoms with Gasteiger partial charge in [0.2, 0.25) is 6.29 Å². The SMILES string of the molecule is COc1ccc(CC2C(O)OC(=O)C2(O)Cc2ccc(OC)c(OC)c2)cc1OC. The highest BCUT2D eigenvalue weighted by Crippen LogP contribution is 2.39. The molecule has 3 rings (SSSR count). The molecular weight excluding hydrogens is 392 g/mol. The van der Waals surface area contributed by atoms with Crippen molar-refractivity contribution in [2.24, 2.45) is 5.92 Å². The van der Waals surface area contributed by atoms with Gasteiger partial charge < -0.3 is 33.9 Å². The lowest BCUT2D eigenvalue weighted by Crippen LogP contribution is -2.45. The molecule has 3 unspecified atom stereocenters. The number of hydrogen-bond acceptors (Lipinski definition) is 8.